The number of hydrogen-bond donors (Lipinski definition) is 0. The summed E-state index contributed by atoms with van der Waals surface area (Å²) in [6, 6.07) is 62.2. The third kappa shape index (κ3) is 4.92. The van der Waals surface area contributed by atoms with E-state index in [0.29, 0.717) is 0 Å². The molecule has 1 aliphatic carbocycles. The number of thioether (sulfide) groups is 1. The molecule has 11 aromatic rings. The van der Waals surface area contributed by atoms with E-state index in [1.807, 2.05) is 23.1 Å². The molecule has 0 saturated heterocycles. The predicted molar refractivity (Wildman–Crippen MR) is 252 cm³/mol. The highest BCUT2D eigenvalue weighted by molar-refractivity contribution is 8.03. The van der Waals surface area contributed by atoms with Gasteiger partial charge in [0, 0.05) is 69.2 Å². The minimum Gasteiger partial charge on any atom is -0.307 e. The number of hydrogen-bond acceptors (Lipinski definition) is 3. The lowest BCUT2D eigenvalue weighted by Gasteiger charge is -2.22. The molecule has 0 unspecified atom stereocenters. The number of allylic oxidation sites excluding steroid dienone is 6. The van der Waals surface area contributed by atoms with Gasteiger partial charge >= 0.3 is 0 Å². The fourth-order valence-electron chi connectivity index (χ4n) is 9.63. The van der Waals surface area contributed by atoms with E-state index in [1.165, 1.54) is 90.4 Å². The number of fused-ring (bicyclic) bond motifs is 14. The Bertz CT molecular complexity index is 3680. The van der Waals surface area contributed by atoms with Crippen molar-refractivity contribution in [3.8, 4) is 22.6 Å². The summed E-state index contributed by atoms with van der Waals surface area (Å²) in [5.41, 5.74) is 13.1. The molecule has 0 fully saturated rings. The van der Waals surface area contributed by atoms with Gasteiger partial charge in [-0.3, -0.25) is 4.57 Å². The van der Waals surface area contributed by atoms with Crippen LogP contribution in [0.1, 0.15) is 17.7 Å². The van der Waals surface area contributed by atoms with Gasteiger partial charge in [-0.15, -0.1) is 11.3 Å². The van der Waals surface area contributed by atoms with Gasteiger partial charge in [0.25, 0.3) is 0 Å². The van der Waals surface area contributed by atoms with Gasteiger partial charge in [-0.05, 0) is 70.8 Å². The summed E-state index contributed by atoms with van der Waals surface area (Å²) in [6.45, 7) is 0. The van der Waals surface area contributed by atoms with Gasteiger partial charge in [0.1, 0.15) is 5.82 Å². The van der Waals surface area contributed by atoms with Crippen molar-refractivity contribution in [2.75, 3.05) is 0 Å². The van der Waals surface area contributed by atoms with Gasteiger partial charge in [-0.2, -0.15) is 0 Å². The highest BCUT2D eigenvalue weighted by Crippen LogP contribution is 2.49. The maximum Gasteiger partial charge on any atom is 0.138 e. The summed E-state index contributed by atoms with van der Waals surface area (Å²) in [4.78, 5) is 8.20. The molecule has 5 heteroatoms. The topological polar surface area (TPSA) is 22.8 Å². The molecule has 0 spiro atoms. The molecule has 0 atom stereocenters. The molecule has 3 nitrogen and oxygen atoms in total. The average molecular weight is 788 g/mol. The number of aromatic nitrogens is 3. The van der Waals surface area contributed by atoms with Crippen LogP contribution in [0.5, 0.6) is 0 Å². The second-order valence-electron chi connectivity index (χ2n) is 15.4. The van der Waals surface area contributed by atoms with Gasteiger partial charge < -0.3 is 4.57 Å². The zero-order chi connectivity index (χ0) is 38.6. The number of rotatable bonds is 4. The van der Waals surface area contributed by atoms with Crippen LogP contribution in [0.4, 0.5) is 0 Å². The number of nitrogens with zero attached hydrogens (tertiary/aromatic N) is 3. The van der Waals surface area contributed by atoms with E-state index in [-0.39, 0.29) is 0 Å². The Morgan fingerprint density at radius 2 is 1.20 bits per heavy atom. The fraction of sp³-hybridized carbons (Fsp3) is 0.0185. The molecule has 276 valence electrons. The second kappa shape index (κ2) is 12.8. The van der Waals surface area contributed by atoms with Crippen molar-refractivity contribution in [2.24, 2.45) is 0 Å². The van der Waals surface area contributed by atoms with Crippen LogP contribution in [0.25, 0.3) is 97.6 Å². The van der Waals surface area contributed by atoms with Crippen molar-refractivity contribution in [2.45, 2.75) is 11.3 Å². The van der Waals surface area contributed by atoms with E-state index < -0.39 is 0 Å². The van der Waals surface area contributed by atoms with Crippen molar-refractivity contribution in [1.82, 2.24) is 14.1 Å². The zero-order valence-corrected chi connectivity index (χ0v) is 33.4. The Hall–Kier alpha value is -6.92. The molecule has 13 rings (SSSR count). The lowest BCUT2D eigenvalue weighted by atomic mass is 10.0. The normalized spacial score (nSPS) is 13.9. The van der Waals surface area contributed by atoms with Crippen LogP contribution in [0, 0.1) is 0 Å². The highest BCUT2D eigenvalue weighted by Gasteiger charge is 2.25. The van der Waals surface area contributed by atoms with E-state index >= 15 is 0 Å². The number of benzene rings is 7. The second-order valence-corrected chi connectivity index (χ2v) is 17.6. The van der Waals surface area contributed by atoms with Gasteiger partial charge in [-0.25, -0.2) is 4.98 Å². The van der Waals surface area contributed by atoms with E-state index in [4.69, 9.17) is 4.98 Å². The summed E-state index contributed by atoms with van der Waals surface area (Å²) in [6.07, 6.45) is 7.63. The Morgan fingerprint density at radius 1 is 0.525 bits per heavy atom. The van der Waals surface area contributed by atoms with Crippen LogP contribution in [-0.2, 0) is 0 Å². The first kappa shape index (κ1) is 33.1. The van der Waals surface area contributed by atoms with Crippen LogP contribution >= 0.6 is 23.1 Å². The maximum absolute atomic E-state index is 5.56. The third-order valence-corrected chi connectivity index (χ3v) is 14.6. The van der Waals surface area contributed by atoms with Gasteiger partial charge in [-0.1, -0.05) is 151 Å². The van der Waals surface area contributed by atoms with Crippen LogP contribution in [0.2, 0.25) is 0 Å². The molecular weight excluding hydrogens is 755 g/mol. The largest absolute Gasteiger partial charge is 0.307 e. The third-order valence-electron chi connectivity index (χ3n) is 12.2. The summed E-state index contributed by atoms with van der Waals surface area (Å²) in [7, 11) is 0. The summed E-state index contributed by atoms with van der Waals surface area (Å²) in [5, 5.41) is 7.50. The van der Waals surface area contributed by atoms with Crippen LogP contribution in [0.3, 0.4) is 0 Å². The predicted octanol–water partition coefficient (Wildman–Crippen LogP) is 15.2. The van der Waals surface area contributed by atoms with Crippen molar-refractivity contribution in [3.63, 3.8) is 0 Å². The Morgan fingerprint density at radius 3 is 2.07 bits per heavy atom. The number of thiophene rings is 1. The summed E-state index contributed by atoms with van der Waals surface area (Å²) in [5.74, 6) is 0.906. The number of pyridine rings is 1. The van der Waals surface area contributed by atoms with Crippen molar-refractivity contribution >= 4 is 98.0 Å². The van der Waals surface area contributed by atoms with Gasteiger partial charge in [0.05, 0.1) is 27.8 Å². The molecule has 5 heterocycles. The van der Waals surface area contributed by atoms with E-state index in [0.717, 1.165) is 34.7 Å². The SMILES string of the molecule is C1=CC(c2cccc(-n3c4ccccc4c4ccc5c6ccccc6n(-c6cccc(-c7cccc8c7sc7ccccc78)c6)c5c43)n2)=C2CC(=C1)c1ccccc1S2. The van der Waals surface area contributed by atoms with Crippen LogP contribution < -0.4 is 0 Å². The lowest BCUT2D eigenvalue weighted by Crippen LogP contribution is -2.03. The molecule has 59 heavy (non-hydrogen) atoms. The number of para-hydroxylation sites is 2. The minimum atomic E-state index is 0.905. The minimum absolute atomic E-state index is 0.905. The van der Waals surface area contributed by atoms with Crippen molar-refractivity contribution in [3.05, 3.63) is 204 Å². The molecule has 0 amide bonds. The summed E-state index contributed by atoms with van der Waals surface area (Å²) < 4.78 is 7.54. The Labute approximate surface area is 348 Å². The smallest absolute Gasteiger partial charge is 0.138 e. The zero-order valence-electron chi connectivity index (χ0n) is 31.8. The molecule has 0 saturated carbocycles. The van der Waals surface area contributed by atoms with Crippen LogP contribution in [-0.4, -0.2) is 14.1 Å². The van der Waals surface area contributed by atoms with Gasteiger partial charge in [0.2, 0.25) is 0 Å². The van der Waals surface area contributed by atoms with E-state index in [9.17, 15) is 0 Å². The highest BCUT2D eigenvalue weighted by atomic mass is 32.2. The van der Waals surface area contributed by atoms with Crippen molar-refractivity contribution < 1.29 is 0 Å². The Kier molecular flexibility index (Phi) is 7.17. The fourth-order valence-corrected chi connectivity index (χ4v) is 12.1. The monoisotopic (exact) mass is 787 g/mol. The molecule has 4 aromatic heterocycles. The van der Waals surface area contributed by atoms with E-state index in [1.54, 1.807) is 0 Å². The van der Waals surface area contributed by atoms with E-state index in [2.05, 4.69) is 197 Å². The average Bonchev–Trinajstić information content (AvgIpc) is 3.92. The van der Waals surface area contributed by atoms with Crippen LogP contribution in [0.15, 0.2) is 198 Å². The first-order valence-corrected chi connectivity index (χ1v) is 21.7. The van der Waals surface area contributed by atoms with Gasteiger partial charge in [0.15, 0.2) is 0 Å². The van der Waals surface area contributed by atoms with Crippen molar-refractivity contribution in [1.29, 1.82) is 0 Å². The molecule has 0 radical (unpaired) electrons. The maximum atomic E-state index is 5.56. The lowest BCUT2D eigenvalue weighted by molar-refractivity contribution is 1.06. The first-order valence-electron chi connectivity index (χ1n) is 20.1. The molecule has 2 bridgehead atoms. The standard InChI is InChI=1S/C54H33N3S2/c1-5-24-46-38(17-1)41-29-30-42-39-18-2-6-25-47(39)57(51-28-12-23-45(55-51)44-22-10-14-34-32-50(44)58-48-26-7-3-16-36(34)48)53(42)52(41)56(46)35-15-9-13-33(31-35)37-20-11-21-43-40-19-4-8-27-49(40)59-54(37)43/h1-31H,32H2. The summed E-state index contributed by atoms with van der Waals surface area (Å²) >= 11 is 3.76. The Balaban J connectivity index is 1.06. The molecule has 1 aliphatic heterocycles. The first-order chi connectivity index (χ1) is 29.3. The molecule has 0 N–H and O–H groups in total. The quantitative estimate of drug-likeness (QED) is 0.177. The molecular formula is C54H33N3S2. The molecule has 2 aliphatic rings. The molecule has 7 aromatic carbocycles.